The van der Waals surface area contributed by atoms with E-state index in [9.17, 15) is 0 Å². The Bertz CT molecular complexity index is 890. The molecule has 0 saturated carbocycles. The van der Waals surface area contributed by atoms with Gasteiger partial charge in [-0.3, -0.25) is 4.98 Å². The van der Waals surface area contributed by atoms with Gasteiger partial charge in [-0.25, -0.2) is 9.97 Å². The van der Waals surface area contributed by atoms with Crippen LogP contribution in [0, 0.1) is 0 Å². The number of unbranched alkanes of at least 4 members (excludes halogenated alkanes) is 2. The molecular weight excluding hydrogens is 374 g/mol. The molecule has 0 radical (unpaired) electrons. The molecule has 6 nitrogen and oxygen atoms in total. The average Bonchev–Trinajstić information content (AvgIpc) is 2.71. The van der Waals surface area contributed by atoms with E-state index in [2.05, 4.69) is 25.6 Å². The second-order valence-corrected chi connectivity index (χ2v) is 7.07. The van der Waals surface area contributed by atoms with Crippen molar-refractivity contribution in [3.8, 4) is 0 Å². The molecule has 0 aliphatic carbocycles. The maximum absolute atomic E-state index is 8.83. The zero-order chi connectivity index (χ0) is 19.6. The first-order valence-corrected chi connectivity index (χ1v) is 10.1. The Morgan fingerprint density at radius 2 is 1.75 bits per heavy atom. The molecule has 0 saturated heterocycles. The molecule has 2 aromatic heterocycles. The van der Waals surface area contributed by atoms with Gasteiger partial charge in [-0.2, -0.15) is 0 Å². The van der Waals surface area contributed by atoms with E-state index in [0.717, 1.165) is 54.5 Å². The van der Waals surface area contributed by atoms with Crippen molar-refractivity contribution in [1.82, 2.24) is 15.0 Å². The molecule has 7 heteroatoms. The molecule has 3 rings (SSSR count). The van der Waals surface area contributed by atoms with E-state index in [-0.39, 0.29) is 6.61 Å². The summed E-state index contributed by atoms with van der Waals surface area (Å²) < 4.78 is 0. The van der Waals surface area contributed by atoms with E-state index in [1.807, 2.05) is 36.5 Å². The number of rotatable bonds is 11. The number of hydrogen-bond acceptors (Lipinski definition) is 6. The SMILES string of the molecule is OCCCNc1nccc(CCCCCNc2ccnc3cc(Cl)ccc23)n1. The Hall–Kier alpha value is -2.44. The Morgan fingerprint density at radius 3 is 2.64 bits per heavy atom. The van der Waals surface area contributed by atoms with Crippen molar-refractivity contribution in [3.63, 3.8) is 0 Å². The number of halogens is 1. The van der Waals surface area contributed by atoms with Crippen LogP contribution in [-0.2, 0) is 6.42 Å². The number of aromatic nitrogens is 3. The van der Waals surface area contributed by atoms with Gasteiger partial charge in [-0.05, 0) is 56.0 Å². The van der Waals surface area contributed by atoms with Crippen LogP contribution >= 0.6 is 11.6 Å². The number of anilines is 2. The van der Waals surface area contributed by atoms with Crippen LogP contribution < -0.4 is 10.6 Å². The quantitative estimate of drug-likeness (QED) is 0.417. The number of nitrogens with zero attached hydrogens (tertiary/aromatic N) is 3. The molecule has 148 valence electrons. The molecular formula is C21H26ClN5O. The maximum atomic E-state index is 8.83. The number of nitrogens with one attached hydrogen (secondary N) is 2. The Kier molecular flexibility index (Phi) is 7.82. The molecule has 0 atom stereocenters. The van der Waals surface area contributed by atoms with Crippen LogP contribution in [0.1, 0.15) is 31.4 Å². The summed E-state index contributed by atoms with van der Waals surface area (Å²) in [5.74, 6) is 0.636. The van der Waals surface area contributed by atoms with Crippen LogP contribution in [0.2, 0.25) is 5.02 Å². The van der Waals surface area contributed by atoms with Crippen molar-refractivity contribution in [2.75, 3.05) is 30.3 Å². The van der Waals surface area contributed by atoms with Crippen molar-refractivity contribution in [3.05, 3.63) is 53.4 Å². The highest BCUT2D eigenvalue weighted by Gasteiger charge is 2.03. The van der Waals surface area contributed by atoms with Gasteiger partial charge in [0.05, 0.1) is 5.52 Å². The number of hydrogen-bond donors (Lipinski definition) is 3. The molecule has 2 heterocycles. The van der Waals surface area contributed by atoms with E-state index >= 15 is 0 Å². The normalized spacial score (nSPS) is 10.9. The Labute approximate surface area is 170 Å². The van der Waals surface area contributed by atoms with Gasteiger partial charge in [0.15, 0.2) is 0 Å². The summed E-state index contributed by atoms with van der Waals surface area (Å²) >= 11 is 6.04. The van der Waals surface area contributed by atoms with Gasteiger partial charge >= 0.3 is 0 Å². The fourth-order valence-electron chi connectivity index (χ4n) is 3.01. The minimum atomic E-state index is 0.170. The van der Waals surface area contributed by atoms with Crippen molar-refractivity contribution >= 4 is 34.1 Å². The van der Waals surface area contributed by atoms with Gasteiger partial charge in [0.25, 0.3) is 0 Å². The fourth-order valence-corrected chi connectivity index (χ4v) is 3.17. The van der Waals surface area contributed by atoms with Crippen molar-refractivity contribution in [1.29, 1.82) is 0 Å². The summed E-state index contributed by atoms with van der Waals surface area (Å²) in [7, 11) is 0. The molecule has 0 amide bonds. The van der Waals surface area contributed by atoms with Crippen LogP contribution in [0.15, 0.2) is 42.7 Å². The van der Waals surface area contributed by atoms with Crippen LogP contribution in [0.3, 0.4) is 0 Å². The first-order valence-electron chi connectivity index (χ1n) is 9.71. The lowest BCUT2D eigenvalue weighted by atomic mass is 10.1. The molecule has 3 aromatic rings. The standard InChI is InChI=1S/C21H26ClN5O/c22-16-6-7-18-19(9-13-24-20(18)15-16)23-10-3-1-2-5-17-8-12-26-21(27-17)25-11-4-14-28/h6-9,12-13,15,28H,1-5,10-11,14H2,(H,23,24)(H,25,26,27). The summed E-state index contributed by atoms with van der Waals surface area (Å²) in [4.78, 5) is 13.1. The molecule has 3 N–H and O–H groups in total. The second-order valence-electron chi connectivity index (χ2n) is 6.63. The molecule has 28 heavy (non-hydrogen) atoms. The van der Waals surface area contributed by atoms with Gasteiger partial charge in [-0.1, -0.05) is 18.0 Å². The number of fused-ring (bicyclic) bond motifs is 1. The monoisotopic (exact) mass is 399 g/mol. The summed E-state index contributed by atoms with van der Waals surface area (Å²) in [6.07, 6.45) is 8.52. The molecule has 1 aromatic carbocycles. The van der Waals surface area contributed by atoms with Crippen molar-refractivity contribution < 1.29 is 5.11 Å². The summed E-state index contributed by atoms with van der Waals surface area (Å²) in [5, 5.41) is 17.3. The minimum absolute atomic E-state index is 0.170. The Balaban J connectivity index is 1.39. The van der Waals surface area contributed by atoms with Crippen molar-refractivity contribution in [2.24, 2.45) is 0 Å². The molecule has 0 bridgehead atoms. The first-order chi connectivity index (χ1) is 13.8. The molecule has 0 spiro atoms. The Morgan fingerprint density at radius 1 is 0.893 bits per heavy atom. The predicted octanol–water partition coefficient (Wildman–Crippen LogP) is 4.30. The minimum Gasteiger partial charge on any atom is -0.396 e. The largest absolute Gasteiger partial charge is 0.396 e. The number of aryl methyl sites for hydroxylation is 1. The smallest absolute Gasteiger partial charge is 0.222 e. The lowest BCUT2D eigenvalue weighted by Gasteiger charge is -2.10. The number of benzene rings is 1. The highest BCUT2D eigenvalue weighted by Crippen LogP contribution is 2.24. The summed E-state index contributed by atoms with van der Waals surface area (Å²) in [6, 6.07) is 9.75. The maximum Gasteiger partial charge on any atom is 0.222 e. The van der Waals surface area contributed by atoms with E-state index < -0.39 is 0 Å². The zero-order valence-electron chi connectivity index (χ0n) is 15.9. The van der Waals surface area contributed by atoms with E-state index in [4.69, 9.17) is 16.7 Å². The average molecular weight is 400 g/mol. The second kappa shape index (κ2) is 10.8. The third-order valence-electron chi connectivity index (χ3n) is 4.46. The van der Waals surface area contributed by atoms with Crippen LogP contribution in [0.25, 0.3) is 10.9 Å². The van der Waals surface area contributed by atoms with Gasteiger partial charge in [-0.15, -0.1) is 0 Å². The molecule has 0 unspecified atom stereocenters. The number of aliphatic hydroxyl groups excluding tert-OH is 1. The third kappa shape index (κ3) is 6.04. The first kappa shape index (κ1) is 20.3. The van der Waals surface area contributed by atoms with Crippen LogP contribution in [0.5, 0.6) is 0 Å². The summed E-state index contributed by atoms with van der Waals surface area (Å²) in [5.41, 5.74) is 3.05. The van der Waals surface area contributed by atoms with Gasteiger partial charge in [0.2, 0.25) is 5.95 Å². The predicted molar refractivity (Wildman–Crippen MR) is 115 cm³/mol. The van der Waals surface area contributed by atoms with Gasteiger partial charge in [0, 0.05) is 53.9 Å². The summed E-state index contributed by atoms with van der Waals surface area (Å²) in [6.45, 7) is 1.77. The molecule has 0 aliphatic rings. The van der Waals surface area contributed by atoms with E-state index in [1.54, 1.807) is 6.20 Å². The van der Waals surface area contributed by atoms with Crippen LogP contribution in [0.4, 0.5) is 11.6 Å². The zero-order valence-corrected chi connectivity index (χ0v) is 16.6. The highest BCUT2D eigenvalue weighted by atomic mass is 35.5. The highest BCUT2D eigenvalue weighted by molar-refractivity contribution is 6.31. The van der Waals surface area contributed by atoms with E-state index in [0.29, 0.717) is 23.9 Å². The molecule has 0 aliphatic heterocycles. The van der Waals surface area contributed by atoms with Crippen LogP contribution in [-0.4, -0.2) is 39.8 Å². The van der Waals surface area contributed by atoms with Gasteiger partial charge in [0.1, 0.15) is 0 Å². The molecule has 0 fully saturated rings. The lowest BCUT2D eigenvalue weighted by molar-refractivity contribution is 0.292. The lowest BCUT2D eigenvalue weighted by Crippen LogP contribution is -2.08. The van der Waals surface area contributed by atoms with E-state index in [1.165, 1.54) is 0 Å². The van der Waals surface area contributed by atoms with Crippen molar-refractivity contribution in [2.45, 2.75) is 32.1 Å². The topological polar surface area (TPSA) is 83.0 Å². The number of aliphatic hydroxyl groups is 1. The van der Waals surface area contributed by atoms with Gasteiger partial charge < -0.3 is 15.7 Å². The number of pyridine rings is 1. The fraction of sp³-hybridized carbons (Fsp3) is 0.381. The third-order valence-corrected chi connectivity index (χ3v) is 4.70.